The van der Waals surface area contributed by atoms with Crippen molar-refractivity contribution in [1.82, 2.24) is 9.97 Å². The molecule has 1 aromatic rings. The van der Waals surface area contributed by atoms with Crippen molar-refractivity contribution in [2.75, 3.05) is 0 Å². The number of hydrogen-bond acceptors (Lipinski definition) is 1. The van der Waals surface area contributed by atoms with E-state index < -0.39 is 0 Å². The van der Waals surface area contributed by atoms with Gasteiger partial charge in [-0.3, -0.25) is 0 Å². The number of rotatable bonds is 2. The highest BCUT2D eigenvalue weighted by Crippen LogP contribution is 2.25. The molecule has 0 unspecified atom stereocenters. The Labute approximate surface area is 79.8 Å². The Morgan fingerprint density at radius 3 is 2.62 bits per heavy atom. The van der Waals surface area contributed by atoms with E-state index in [1.165, 1.54) is 50.6 Å². The van der Waals surface area contributed by atoms with Gasteiger partial charge in [-0.25, -0.2) is 4.98 Å². The van der Waals surface area contributed by atoms with Crippen molar-refractivity contribution in [3.8, 4) is 0 Å². The fourth-order valence-corrected chi connectivity index (χ4v) is 2.28. The SMILES string of the molecule is c1ncc(CC2CCCCCC2)[nH]1. The van der Waals surface area contributed by atoms with Gasteiger partial charge in [0.2, 0.25) is 0 Å². The van der Waals surface area contributed by atoms with E-state index in [9.17, 15) is 0 Å². The maximum Gasteiger partial charge on any atom is 0.0921 e. The fourth-order valence-electron chi connectivity index (χ4n) is 2.28. The van der Waals surface area contributed by atoms with Crippen LogP contribution in [0.5, 0.6) is 0 Å². The molecule has 1 aromatic heterocycles. The average molecular weight is 178 g/mol. The quantitative estimate of drug-likeness (QED) is 0.693. The van der Waals surface area contributed by atoms with E-state index in [0.717, 1.165) is 5.92 Å². The molecule has 0 aromatic carbocycles. The van der Waals surface area contributed by atoms with E-state index in [4.69, 9.17) is 0 Å². The maximum atomic E-state index is 4.06. The van der Waals surface area contributed by atoms with E-state index in [-0.39, 0.29) is 0 Å². The number of imidazole rings is 1. The lowest BCUT2D eigenvalue weighted by atomic mass is 9.95. The molecule has 0 aliphatic heterocycles. The molecular formula is C11H18N2. The Bertz CT molecular complexity index is 220. The second-order valence-electron chi connectivity index (χ2n) is 4.14. The van der Waals surface area contributed by atoms with Crippen LogP contribution in [0.15, 0.2) is 12.5 Å². The van der Waals surface area contributed by atoms with Crippen LogP contribution in [-0.2, 0) is 6.42 Å². The van der Waals surface area contributed by atoms with Crippen LogP contribution in [0.1, 0.15) is 44.2 Å². The predicted octanol–water partition coefficient (Wildman–Crippen LogP) is 2.92. The number of hydrogen-bond donors (Lipinski definition) is 1. The molecule has 1 N–H and O–H groups in total. The van der Waals surface area contributed by atoms with Crippen LogP contribution < -0.4 is 0 Å². The molecule has 72 valence electrons. The first kappa shape index (κ1) is 8.79. The summed E-state index contributed by atoms with van der Waals surface area (Å²) in [7, 11) is 0. The highest BCUT2D eigenvalue weighted by molar-refractivity contribution is 4.95. The van der Waals surface area contributed by atoms with Gasteiger partial charge in [0.15, 0.2) is 0 Å². The monoisotopic (exact) mass is 178 g/mol. The van der Waals surface area contributed by atoms with Gasteiger partial charge in [-0.15, -0.1) is 0 Å². The minimum Gasteiger partial charge on any atom is -0.348 e. The number of nitrogens with zero attached hydrogens (tertiary/aromatic N) is 1. The van der Waals surface area contributed by atoms with Crippen LogP contribution in [0.25, 0.3) is 0 Å². The van der Waals surface area contributed by atoms with Gasteiger partial charge in [0.1, 0.15) is 0 Å². The molecule has 13 heavy (non-hydrogen) atoms. The Balaban J connectivity index is 1.86. The predicted molar refractivity (Wildman–Crippen MR) is 53.5 cm³/mol. The van der Waals surface area contributed by atoms with Gasteiger partial charge >= 0.3 is 0 Å². The molecule has 0 radical (unpaired) electrons. The lowest BCUT2D eigenvalue weighted by molar-refractivity contribution is 0.454. The lowest BCUT2D eigenvalue weighted by Gasteiger charge is -2.11. The summed E-state index contributed by atoms with van der Waals surface area (Å²) in [5, 5.41) is 0. The lowest BCUT2D eigenvalue weighted by Crippen LogP contribution is -2.03. The smallest absolute Gasteiger partial charge is 0.0921 e. The van der Waals surface area contributed by atoms with Crippen molar-refractivity contribution < 1.29 is 0 Å². The summed E-state index contributed by atoms with van der Waals surface area (Å²) < 4.78 is 0. The number of H-pyrrole nitrogens is 1. The Morgan fingerprint density at radius 1 is 1.23 bits per heavy atom. The molecule has 0 amide bonds. The average Bonchev–Trinajstić information content (AvgIpc) is 2.49. The van der Waals surface area contributed by atoms with E-state index in [1.54, 1.807) is 6.33 Å². The number of nitrogens with one attached hydrogen (secondary N) is 1. The first-order valence-electron chi connectivity index (χ1n) is 5.42. The molecule has 0 saturated heterocycles. The molecule has 2 rings (SSSR count). The summed E-state index contributed by atoms with van der Waals surface area (Å²) in [6, 6.07) is 0. The molecule has 1 saturated carbocycles. The van der Waals surface area contributed by atoms with Crippen LogP contribution in [-0.4, -0.2) is 9.97 Å². The van der Waals surface area contributed by atoms with Crippen LogP contribution >= 0.6 is 0 Å². The maximum absolute atomic E-state index is 4.06. The highest BCUT2D eigenvalue weighted by Gasteiger charge is 2.12. The van der Waals surface area contributed by atoms with Gasteiger partial charge in [0.05, 0.1) is 6.33 Å². The zero-order valence-electron chi connectivity index (χ0n) is 8.13. The summed E-state index contributed by atoms with van der Waals surface area (Å²) in [6.07, 6.45) is 13.5. The third-order valence-electron chi connectivity index (χ3n) is 3.04. The van der Waals surface area contributed by atoms with Crippen molar-refractivity contribution in [2.24, 2.45) is 5.92 Å². The van der Waals surface area contributed by atoms with Gasteiger partial charge in [0, 0.05) is 11.9 Å². The third-order valence-corrected chi connectivity index (χ3v) is 3.04. The van der Waals surface area contributed by atoms with E-state index >= 15 is 0 Å². The van der Waals surface area contributed by atoms with Crippen LogP contribution in [0.2, 0.25) is 0 Å². The van der Waals surface area contributed by atoms with E-state index in [0.29, 0.717) is 0 Å². The molecule has 1 aliphatic rings. The van der Waals surface area contributed by atoms with Crippen molar-refractivity contribution in [3.05, 3.63) is 18.2 Å². The second-order valence-corrected chi connectivity index (χ2v) is 4.14. The summed E-state index contributed by atoms with van der Waals surface area (Å²) in [4.78, 5) is 7.25. The molecule has 1 aliphatic carbocycles. The van der Waals surface area contributed by atoms with Crippen LogP contribution in [0.4, 0.5) is 0 Å². The standard InChI is InChI=1S/C11H18N2/c1-2-4-6-10(5-3-1)7-11-8-12-9-13-11/h8-10H,1-7H2,(H,12,13). The zero-order valence-corrected chi connectivity index (χ0v) is 8.13. The first-order chi connectivity index (χ1) is 6.45. The van der Waals surface area contributed by atoms with Crippen molar-refractivity contribution in [2.45, 2.75) is 44.9 Å². The van der Waals surface area contributed by atoms with Crippen LogP contribution in [0, 0.1) is 5.92 Å². The molecule has 2 nitrogen and oxygen atoms in total. The molecular weight excluding hydrogens is 160 g/mol. The third kappa shape index (κ3) is 2.58. The zero-order chi connectivity index (χ0) is 8.93. The van der Waals surface area contributed by atoms with E-state index in [2.05, 4.69) is 9.97 Å². The number of aromatic nitrogens is 2. The summed E-state index contributed by atoms with van der Waals surface area (Å²) in [6.45, 7) is 0. The van der Waals surface area contributed by atoms with Crippen molar-refractivity contribution in [1.29, 1.82) is 0 Å². The highest BCUT2D eigenvalue weighted by atomic mass is 14.9. The minimum absolute atomic E-state index is 0.906. The van der Waals surface area contributed by atoms with Crippen molar-refractivity contribution >= 4 is 0 Å². The summed E-state index contributed by atoms with van der Waals surface area (Å²) >= 11 is 0. The summed E-state index contributed by atoms with van der Waals surface area (Å²) in [5.74, 6) is 0.906. The topological polar surface area (TPSA) is 28.7 Å². The molecule has 2 heteroatoms. The molecule has 0 atom stereocenters. The Hall–Kier alpha value is -0.790. The van der Waals surface area contributed by atoms with Gasteiger partial charge in [-0.2, -0.15) is 0 Å². The fraction of sp³-hybridized carbons (Fsp3) is 0.727. The number of aromatic amines is 1. The van der Waals surface area contributed by atoms with Gasteiger partial charge in [-0.05, 0) is 12.3 Å². The van der Waals surface area contributed by atoms with Gasteiger partial charge in [0.25, 0.3) is 0 Å². The largest absolute Gasteiger partial charge is 0.348 e. The van der Waals surface area contributed by atoms with Crippen molar-refractivity contribution in [3.63, 3.8) is 0 Å². The van der Waals surface area contributed by atoms with Gasteiger partial charge in [-0.1, -0.05) is 38.5 Å². The van der Waals surface area contributed by atoms with Gasteiger partial charge < -0.3 is 4.98 Å². The first-order valence-corrected chi connectivity index (χ1v) is 5.42. The van der Waals surface area contributed by atoms with Crippen LogP contribution in [0.3, 0.4) is 0 Å². The molecule has 0 bridgehead atoms. The Kier molecular flexibility index (Phi) is 3.01. The summed E-state index contributed by atoms with van der Waals surface area (Å²) in [5.41, 5.74) is 1.31. The molecule has 1 heterocycles. The molecule has 1 fully saturated rings. The minimum atomic E-state index is 0.906. The van der Waals surface area contributed by atoms with E-state index in [1.807, 2.05) is 6.20 Å². The second kappa shape index (κ2) is 4.45. The normalized spacial score (nSPS) is 20.0. The Morgan fingerprint density at radius 2 is 2.00 bits per heavy atom. The molecule has 0 spiro atoms.